The molecule has 1 aromatic carbocycles. The number of carbonyl (C=O) groups excluding carboxylic acids is 1. The maximum absolute atomic E-state index is 11.6. The second-order valence-corrected chi connectivity index (χ2v) is 4.92. The SMILES string of the molecule is COCCNC(=O)NC(C)(C)Cc1ccccc1. The first-order chi connectivity index (χ1) is 8.53. The van der Waals surface area contributed by atoms with Gasteiger partial charge in [-0.05, 0) is 25.8 Å². The molecule has 0 aromatic heterocycles. The molecule has 0 atom stereocenters. The van der Waals surface area contributed by atoms with Gasteiger partial charge in [-0.25, -0.2) is 4.79 Å². The van der Waals surface area contributed by atoms with Crippen LogP contribution in [0.25, 0.3) is 0 Å². The van der Waals surface area contributed by atoms with Gasteiger partial charge in [-0.2, -0.15) is 0 Å². The zero-order valence-corrected chi connectivity index (χ0v) is 11.3. The van der Waals surface area contributed by atoms with Crippen LogP contribution in [0.15, 0.2) is 30.3 Å². The quantitative estimate of drug-likeness (QED) is 0.758. The summed E-state index contributed by atoms with van der Waals surface area (Å²) in [4.78, 5) is 11.6. The highest BCUT2D eigenvalue weighted by Gasteiger charge is 2.20. The number of ether oxygens (including phenoxy) is 1. The van der Waals surface area contributed by atoms with E-state index in [1.165, 1.54) is 5.56 Å². The van der Waals surface area contributed by atoms with E-state index in [4.69, 9.17) is 4.74 Å². The van der Waals surface area contributed by atoms with Gasteiger partial charge in [-0.15, -0.1) is 0 Å². The predicted molar refractivity (Wildman–Crippen MR) is 72.6 cm³/mol. The van der Waals surface area contributed by atoms with Crippen LogP contribution in [0.4, 0.5) is 4.79 Å². The zero-order valence-electron chi connectivity index (χ0n) is 11.3. The Labute approximate surface area is 109 Å². The molecule has 0 spiro atoms. The summed E-state index contributed by atoms with van der Waals surface area (Å²) in [6.45, 7) is 5.06. The number of hydrogen-bond donors (Lipinski definition) is 2. The van der Waals surface area contributed by atoms with E-state index in [1.807, 2.05) is 32.0 Å². The number of benzene rings is 1. The van der Waals surface area contributed by atoms with Crippen molar-refractivity contribution >= 4 is 6.03 Å². The van der Waals surface area contributed by atoms with E-state index >= 15 is 0 Å². The van der Waals surface area contributed by atoms with Gasteiger partial charge in [-0.3, -0.25) is 0 Å². The molecule has 18 heavy (non-hydrogen) atoms. The fourth-order valence-electron chi connectivity index (χ4n) is 1.77. The van der Waals surface area contributed by atoms with Crippen molar-refractivity contribution in [3.05, 3.63) is 35.9 Å². The maximum atomic E-state index is 11.6. The van der Waals surface area contributed by atoms with Crippen molar-refractivity contribution in [2.45, 2.75) is 25.8 Å². The van der Waals surface area contributed by atoms with Crippen LogP contribution in [0, 0.1) is 0 Å². The third-order valence-electron chi connectivity index (χ3n) is 2.53. The van der Waals surface area contributed by atoms with Gasteiger partial charge in [0.2, 0.25) is 0 Å². The second kappa shape index (κ2) is 7.01. The fourth-order valence-corrected chi connectivity index (χ4v) is 1.77. The predicted octanol–water partition coefficient (Wildman–Crippen LogP) is 1.95. The minimum Gasteiger partial charge on any atom is -0.383 e. The van der Waals surface area contributed by atoms with Crippen molar-refractivity contribution in [3.63, 3.8) is 0 Å². The van der Waals surface area contributed by atoms with E-state index in [0.717, 1.165) is 6.42 Å². The van der Waals surface area contributed by atoms with E-state index in [-0.39, 0.29) is 11.6 Å². The van der Waals surface area contributed by atoms with Crippen LogP contribution in [0.2, 0.25) is 0 Å². The summed E-state index contributed by atoms with van der Waals surface area (Å²) in [6, 6.07) is 9.96. The number of rotatable bonds is 6. The highest BCUT2D eigenvalue weighted by molar-refractivity contribution is 5.74. The van der Waals surface area contributed by atoms with Crippen molar-refractivity contribution in [2.75, 3.05) is 20.3 Å². The van der Waals surface area contributed by atoms with Gasteiger partial charge in [0.05, 0.1) is 6.61 Å². The standard InChI is InChI=1S/C14H22N2O2/c1-14(2,11-12-7-5-4-6-8-12)16-13(17)15-9-10-18-3/h4-8H,9-11H2,1-3H3,(H2,15,16,17). The number of methoxy groups -OCH3 is 1. The molecule has 0 saturated heterocycles. The Morgan fingerprint density at radius 3 is 2.56 bits per heavy atom. The Balaban J connectivity index is 2.41. The van der Waals surface area contributed by atoms with Crippen molar-refractivity contribution in [3.8, 4) is 0 Å². The van der Waals surface area contributed by atoms with E-state index < -0.39 is 0 Å². The summed E-state index contributed by atoms with van der Waals surface area (Å²) in [6.07, 6.45) is 0.797. The molecular weight excluding hydrogens is 228 g/mol. The van der Waals surface area contributed by atoms with Crippen molar-refractivity contribution in [2.24, 2.45) is 0 Å². The molecule has 0 aliphatic rings. The van der Waals surface area contributed by atoms with E-state index in [0.29, 0.717) is 13.2 Å². The van der Waals surface area contributed by atoms with Crippen LogP contribution in [0.5, 0.6) is 0 Å². The first-order valence-corrected chi connectivity index (χ1v) is 6.12. The minimum atomic E-state index is -0.279. The fraction of sp³-hybridized carbons (Fsp3) is 0.500. The summed E-state index contributed by atoms with van der Waals surface area (Å²) in [5.74, 6) is 0. The molecule has 4 nitrogen and oxygen atoms in total. The Kier molecular flexibility index (Phi) is 5.65. The molecule has 1 aromatic rings. The highest BCUT2D eigenvalue weighted by Crippen LogP contribution is 2.12. The average molecular weight is 250 g/mol. The summed E-state index contributed by atoms with van der Waals surface area (Å²) >= 11 is 0. The van der Waals surface area contributed by atoms with Gasteiger partial charge < -0.3 is 15.4 Å². The number of carbonyl (C=O) groups is 1. The normalized spacial score (nSPS) is 11.1. The summed E-state index contributed by atoms with van der Waals surface area (Å²) in [7, 11) is 1.61. The smallest absolute Gasteiger partial charge is 0.315 e. The lowest BCUT2D eigenvalue weighted by Gasteiger charge is -2.26. The van der Waals surface area contributed by atoms with E-state index in [2.05, 4.69) is 22.8 Å². The second-order valence-electron chi connectivity index (χ2n) is 4.92. The summed E-state index contributed by atoms with van der Waals surface area (Å²) in [5.41, 5.74) is 0.929. The molecule has 0 fully saturated rings. The Morgan fingerprint density at radius 1 is 1.28 bits per heavy atom. The van der Waals surface area contributed by atoms with Crippen LogP contribution in [-0.4, -0.2) is 31.8 Å². The van der Waals surface area contributed by atoms with E-state index in [1.54, 1.807) is 7.11 Å². The molecule has 0 saturated carbocycles. The summed E-state index contributed by atoms with van der Waals surface area (Å²) in [5, 5.41) is 5.71. The number of nitrogens with one attached hydrogen (secondary N) is 2. The molecule has 0 aliphatic heterocycles. The first kappa shape index (κ1) is 14.5. The summed E-state index contributed by atoms with van der Waals surface area (Å²) < 4.78 is 4.88. The Morgan fingerprint density at radius 2 is 1.94 bits per heavy atom. The van der Waals surface area contributed by atoms with E-state index in [9.17, 15) is 4.79 Å². The topological polar surface area (TPSA) is 50.4 Å². The van der Waals surface area contributed by atoms with Gasteiger partial charge in [-0.1, -0.05) is 30.3 Å². The molecule has 4 heteroatoms. The Bertz CT molecular complexity index is 363. The van der Waals surface area contributed by atoms with Crippen LogP contribution < -0.4 is 10.6 Å². The lowest BCUT2D eigenvalue weighted by Crippen LogP contribution is -2.50. The largest absolute Gasteiger partial charge is 0.383 e. The molecule has 0 unspecified atom stereocenters. The Hall–Kier alpha value is -1.55. The lowest BCUT2D eigenvalue weighted by molar-refractivity contribution is 0.193. The van der Waals surface area contributed by atoms with Gasteiger partial charge >= 0.3 is 6.03 Å². The molecule has 0 bridgehead atoms. The van der Waals surface area contributed by atoms with Crippen LogP contribution in [-0.2, 0) is 11.2 Å². The first-order valence-electron chi connectivity index (χ1n) is 6.12. The highest BCUT2D eigenvalue weighted by atomic mass is 16.5. The number of urea groups is 1. The molecular formula is C14H22N2O2. The van der Waals surface area contributed by atoms with Crippen molar-refractivity contribution in [1.82, 2.24) is 10.6 Å². The van der Waals surface area contributed by atoms with Crippen molar-refractivity contribution in [1.29, 1.82) is 0 Å². The zero-order chi connectivity index (χ0) is 13.4. The molecule has 0 aliphatic carbocycles. The average Bonchev–Trinajstić information content (AvgIpc) is 2.29. The minimum absolute atomic E-state index is 0.159. The van der Waals surface area contributed by atoms with Crippen molar-refractivity contribution < 1.29 is 9.53 Å². The van der Waals surface area contributed by atoms with Crippen LogP contribution >= 0.6 is 0 Å². The molecule has 2 N–H and O–H groups in total. The van der Waals surface area contributed by atoms with Gasteiger partial charge in [0.1, 0.15) is 0 Å². The number of hydrogen-bond acceptors (Lipinski definition) is 2. The molecule has 100 valence electrons. The molecule has 1 rings (SSSR count). The van der Waals surface area contributed by atoms with Gasteiger partial charge in [0.25, 0.3) is 0 Å². The van der Waals surface area contributed by atoms with Gasteiger partial charge in [0, 0.05) is 19.2 Å². The molecule has 0 heterocycles. The van der Waals surface area contributed by atoms with Crippen LogP contribution in [0.3, 0.4) is 0 Å². The molecule has 0 radical (unpaired) electrons. The monoisotopic (exact) mass is 250 g/mol. The maximum Gasteiger partial charge on any atom is 0.315 e. The third-order valence-corrected chi connectivity index (χ3v) is 2.53. The van der Waals surface area contributed by atoms with Gasteiger partial charge in [0.15, 0.2) is 0 Å². The lowest BCUT2D eigenvalue weighted by atomic mass is 9.95. The molecule has 2 amide bonds. The number of amides is 2. The third kappa shape index (κ3) is 5.68. The van der Waals surface area contributed by atoms with Crippen LogP contribution in [0.1, 0.15) is 19.4 Å².